The Labute approximate surface area is 186 Å². The number of hydrogen-bond acceptors (Lipinski definition) is 6. The summed E-state index contributed by atoms with van der Waals surface area (Å²) in [7, 11) is 0. The number of aromatic nitrogens is 2. The summed E-state index contributed by atoms with van der Waals surface area (Å²) in [6.45, 7) is 4.90. The van der Waals surface area contributed by atoms with Crippen LogP contribution in [0.2, 0.25) is 0 Å². The van der Waals surface area contributed by atoms with Crippen LogP contribution in [0.4, 0.5) is 15.9 Å². The van der Waals surface area contributed by atoms with E-state index < -0.39 is 0 Å². The first kappa shape index (κ1) is 22.1. The molecule has 2 aliphatic rings. The summed E-state index contributed by atoms with van der Waals surface area (Å²) < 4.78 is 18.6. The third kappa shape index (κ3) is 5.59. The van der Waals surface area contributed by atoms with E-state index in [-0.39, 0.29) is 30.2 Å². The molecule has 4 rings (SSSR count). The van der Waals surface area contributed by atoms with Gasteiger partial charge in [0.25, 0.3) is 0 Å². The van der Waals surface area contributed by atoms with Crippen LogP contribution < -0.4 is 5.32 Å². The van der Waals surface area contributed by atoms with Crippen molar-refractivity contribution in [1.82, 2.24) is 19.8 Å². The van der Waals surface area contributed by atoms with E-state index in [0.717, 1.165) is 36.5 Å². The lowest BCUT2D eigenvalue weighted by atomic mass is 10.0. The minimum atomic E-state index is -0.383. The maximum absolute atomic E-state index is 13.1. The van der Waals surface area contributed by atoms with E-state index in [1.54, 1.807) is 11.0 Å². The number of nitrogens with one attached hydrogen (secondary N) is 1. The third-order valence-corrected chi connectivity index (χ3v) is 5.83. The lowest BCUT2D eigenvalue weighted by Gasteiger charge is -2.18. The van der Waals surface area contributed by atoms with Crippen LogP contribution in [0.5, 0.6) is 0 Å². The van der Waals surface area contributed by atoms with Gasteiger partial charge in [-0.3, -0.25) is 14.6 Å². The van der Waals surface area contributed by atoms with Crippen molar-refractivity contribution in [3.8, 4) is 0 Å². The summed E-state index contributed by atoms with van der Waals surface area (Å²) in [4.78, 5) is 36.4. The molecular formula is C23H28FN5O3. The van der Waals surface area contributed by atoms with Crippen molar-refractivity contribution in [3.05, 3.63) is 47.7 Å². The number of halogens is 1. The van der Waals surface area contributed by atoms with Gasteiger partial charge in [0.2, 0.25) is 11.8 Å². The van der Waals surface area contributed by atoms with Crippen LogP contribution in [0.1, 0.15) is 36.6 Å². The Hall–Kier alpha value is -3.07. The number of nitrogens with zero attached hydrogens (tertiary/aromatic N) is 4. The Balaban J connectivity index is 1.28. The molecule has 170 valence electrons. The minimum Gasteiger partial charge on any atom is -0.370 e. The number of aryl methyl sites for hydroxylation is 1. The van der Waals surface area contributed by atoms with E-state index >= 15 is 0 Å². The summed E-state index contributed by atoms with van der Waals surface area (Å²) in [5.41, 5.74) is 2.60. The van der Waals surface area contributed by atoms with Gasteiger partial charge in [0.15, 0.2) is 0 Å². The van der Waals surface area contributed by atoms with Crippen molar-refractivity contribution in [3.63, 3.8) is 0 Å². The predicted octanol–water partition coefficient (Wildman–Crippen LogP) is 2.62. The van der Waals surface area contributed by atoms with Gasteiger partial charge >= 0.3 is 0 Å². The zero-order valence-corrected chi connectivity index (χ0v) is 18.2. The second-order valence-corrected chi connectivity index (χ2v) is 8.27. The van der Waals surface area contributed by atoms with Crippen LogP contribution in [-0.2, 0) is 14.3 Å². The van der Waals surface area contributed by atoms with Crippen LogP contribution >= 0.6 is 0 Å². The van der Waals surface area contributed by atoms with Crippen molar-refractivity contribution in [1.29, 1.82) is 0 Å². The highest BCUT2D eigenvalue weighted by Crippen LogP contribution is 2.29. The Morgan fingerprint density at radius 1 is 1.31 bits per heavy atom. The fourth-order valence-corrected chi connectivity index (χ4v) is 4.17. The van der Waals surface area contributed by atoms with Crippen molar-refractivity contribution in [2.75, 3.05) is 44.7 Å². The van der Waals surface area contributed by atoms with Gasteiger partial charge in [-0.1, -0.05) is 0 Å². The molecule has 0 bridgehead atoms. The highest BCUT2D eigenvalue weighted by molar-refractivity contribution is 5.78. The smallest absolute Gasteiger partial charge is 0.248 e. The normalized spacial score (nSPS) is 18.4. The van der Waals surface area contributed by atoms with E-state index in [2.05, 4.69) is 15.3 Å². The Bertz CT molecular complexity index is 969. The molecule has 0 aromatic carbocycles. The average molecular weight is 442 g/mol. The van der Waals surface area contributed by atoms with Crippen molar-refractivity contribution in [2.24, 2.45) is 0 Å². The number of carbonyl (C=O) groups is 2. The van der Waals surface area contributed by atoms with Gasteiger partial charge in [0.1, 0.15) is 18.2 Å². The lowest BCUT2D eigenvalue weighted by Crippen LogP contribution is -2.34. The highest BCUT2D eigenvalue weighted by Gasteiger charge is 2.28. The standard InChI is InChI=1S/C23H28FN5O3/c1-16-11-19(27-21-5-4-18(24)13-25-21)12-20(26-16)17-6-8-29(14-17)23(31)15-32-10-9-28-7-2-3-22(28)30/h4-5,11-13,17H,2-3,6-10,14-15H2,1H3,(H,25,26,27). The number of amides is 2. The molecule has 9 heteroatoms. The zero-order chi connectivity index (χ0) is 22.5. The van der Waals surface area contributed by atoms with Crippen molar-refractivity contribution < 1.29 is 18.7 Å². The predicted molar refractivity (Wildman–Crippen MR) is 117 cm³/mol. The van der Waals surface area contributed by atoms with Crippen LogP contribution in [-0.4, -0.2) is 71.0 Å². The largest absolute Gasteiger partial charge is 0.370 e. The van der Waals surface area contributed by atoms with Gasteiger partial charge in [0.05, 0.1) is 12.8 Å². The maximum atomic E-state index is 13.1. The molecule has 2 aromatic heterocycles. The zero-order valence-electron chi connectivity index (χ0n) is 18.2. The van der Waals surface area contributed by atoms with Gasteiger partial charge in [-0.25, -0.2) is 9.37 Å². The minimum absolute atomic E-state index is 0.0268. The van der Waals surface area contributed by atoms with Crippen LogP contribution in [0.15, 0.2) is 30.5 Å². The maximum Gasteiger partial charge on any atom is 0.248 e. The number of rotatable bonds is 8. The van der Waals surface area contributed by atoms with Crippen LogP contribution in [0, 0.1) is 12.7 Å². The molecule has 2 aliphatic heterocycles. The second-order valence-electron chi connectivity index (χ2n) is 8.27. The van der Waals surface area contributed by atoms with Gasteiger partial charge < -0.3 is 19.9 Å². The van der Waals surface area contributed by atoms with Crippen LogP contribution in [0.3, 0.4) is 0 Å². The molecule has 4 heterocycles. The SMILES string of the molecule is Cc1cc(Nc2ccc(F)cn2)cc(C2CCN(C(=O)COCCN3CCCC3=O)C2)n1. The molecule has 32 heavy (non-hydrogen) atoms. The first-order chi connectivity index (χ1) is 15.5. The van der Waals surface area contributed by atoms with E-state index in [0.29, 0.717) is 38.5 Å². The molecule has 8 nitrogen and oxygen atoms in total. The van der Waals surface area contributed by atoms with E-state index in [4.69, 9.17) is 4.74 Å². The number of pyridine rings is 2. The quantitative estimate of drug-likeness (QED) is 0.634. The van der Waals surface area contributed by atoms with Crippen molar-refractivity contribution >= 4 is 23.3 Å². The molecule has 1 N–H and O–H groups in total. The van der Waals surface area contributed by atoms with E-state index in [9.17, 15) is 14.0 Å². The van der Waals surface area contributed by atoms with Crippen molar-refractivity contribution in [2.45, 2.75) is 32.1 Å². The topological polar surface area (TPSA) is 87.7 Å². The molecule has 0 aliphatic carbocycles. The van der Waals surface area contributed by atoms with Gasteiger partial charge in [0, 0.05) is 55.6 Å². The molecule has 1 unspecified atom stereocenters. The molecule has 0 saturated carbocycles. The molecular weight excluding hydrogens is 413 g/mol. The first-order valence-electron chi connectivity index (χ1n) is 11.0. The third-order valence-electron chi connectivity index (χ3n) is 5.83. The van der Waals surface area contributed by atoms with Gasteiger partial charge in [-0.2, -0.15) is 0 Å². The molecule has 2 amide bonds. The fourth-order valence-electron chi connectivity index (χ4n) is 4.17. The number of ether oxygens (including phenoxy) is 1. The number of hydrogen-bond donors (Lipinski definition) is 1. The van der Waals surface area contributed by atoms with E-state index in [1.165, 1.54) is 12.3 Å². The fraction of sp³-hybridized carbons (Fsp3) is 0.478. The van der Waals surface area contributed by atoms with Gasteiger partial charge in [-0.05, 0) is 44.0 Å². The van der Waals surface area contributed by atoms with Gasteiger partial charge in [-0.15, -0.1) is 0 Å². The monoisotopic (exact) mass is 441 g/mol. The van der Waals surface area contributed by atoms with Crippen LogP contribution in [0.25, 0.3) is 0 Å². The number of carbonyl (C=O) groups excluding carboxylic acids is 2. The lowest BCUT2D eigenvalue weighted by molar-refractivity contribution is -0.135. The molecule has 0 radical (unpaired) electrons. The molecule has 2 saturated heterocycles. The Morgan fingerprint density at radius 2 is 2.19 bits per heavy atom. The second kappa shape index (κ2) is 10.0. The first-order valence-corrected chi connectivity index (χ1v) is 11.0. The molecule has 0 spiro atoms. The summed E-state index contributed by atoms with van der Waals surface area (Å²) in [6, 6.07) is 6.81. The summed E-state index contributed by atoms with van der Waals surface area (Å²) >= 11 is 0. The number of anilines is 2. The Morgan fingerprint density at radius 3 is 2.94 bits per heavy atom. The highest BCUT2D eigenvalue weighted by atomic mass is 19.1. The summed E-state index contributed by atoms with van der Waals surface area (Å²) in [5.74, 6) is 0.437. The van der Waals surface area contributed by atoms with E-state index in [1.807, 2.05) is 24.0 Å². The molecule has 2 aromatic rings. The average Bonchev–Trinajstić information content (AvgIpc) is 3.42. The number of likely N-dealkylation sites (tertiary alicyclic amines) is 2. The molecule has 1 atom stereocenters. The molecule has 2 fully saturated rings. The Kier molecular flexibility index (Phi) is 6.94. The summed E-state index contributed by atoms with van der Waals surface area (Å²) in [6.07, 6.45) is 3.51. The summed E-state index contributed by atoms with van der Waals surface area (Å²) in [5, 5.41) is 3.18.